The van der Waals surface area contributed by atoms with Gasteiger partial charge in [0, 0.05) is 13.0 Å². The van der Waals surface area contributed by atoms with E-state index in [-0.39, 0.29) is 48.1 Å². The van der Waals surface area contributed by atoms with Gasteiger partial charge in [-0.1, -0.05) is 26.8 Å². The third-order valence-electron chi connectivity index (χ3n) is 5.71. The fraction of sp³-hybridized carbons (Fsp3) is 0.375. The maximum Gasteiger partial charge on any atom is 0.257 e. The summed E-state index contributed by atoms with van der Waals surface area (Å²) in [6.07, 6.45) is -0.00517. The second-order valence-corrected chi connectivity index (χ2v) is 11.3. The minimum Gasteiger partial charge on any atom is -0.454 e. The van der Waals surface area contributed by atoms with E-state index < -0.39 is 27.9 Å². The molecule has 4 rings (SSSR count). The van der Waals surface area contributed by atoms with Crippen molar-refractivity contribution in [3.05, 3.63) is 48.0 Å². The van der Waals surface area contributed by atoms with Gasteiger partial charge >= 0.3 is 0 Å². The number of ether oxygens (including phenoxy) is 2. The van der Waals surface area contributed by atoms with Gasteiger partial charge in [-0.25, -0.2) is 18.5 Å². The van der Waals surface area contributed by atoms with Crippen molar-refractivity contribution in [3.8, 4) is 11.5 Å². The third kappa shape index (κ3) is 5.30. The Kier molecular flexibility index (Phi) is 6.32. The lowest BCUT2D eigenvalue weighted by atomic mass is 9.91. The van der Waals surface area contributed by atoms with Crippen LogP contribution in [-0.2, 0) is 31.0 Å². The summed E-state index contributed by atoms with van der Waals surface area (Å²) in [5.41, 5.74) is 0.605. The summed E-state index contributed by atoms with van der Waals surface area (Å²) in [5, 5.41) is 5.13. The van der Waals surface area contributed by atoms with Crippen LogP contribution in [0.5, 0.6) is 11.5 Å². The Labute approximate surface area is 203 Å². The number of benzene rings is 2. The first-order valence-electron chi connectivity index (χ1n) is 11.0. The molecule has 2 heterocycles. The summed E-state index contributed by atoms with van der Waals surface area (Å²) in [6.45, 7) is 5.98. The average Bonchev–Trinajstić information content (AvgIpc) is 3.33. The molecule has 1 atom stereocenters. The van der Waals surface area contributed by atoms with Crippen molar-refractivity contribution >= 4 is 33.4 Å². The molecule has 0 spiro atoms. The summed E-state index contributed by atoms with van der Waals surface area (Å²) in [7, 11) is -3.92. The molecular formula is C24H27N3O7S. The van der Waals surface area contributed by atoms with Gasteiger partial charge in [0.1, 0.15) is 6.04 Å². The third-order valence-corrected chi connectivity index (χ3v) is 6.64. The zero-order chi connectivity index (χ0) is 25.5. The van der Waals surface area contributed by atoms with Gasteiger partial charge in [-0.2, -0.15) is 0 Å². The number of nitrogens with two attached hydrogens (primary N) is 1. The normalized spacial score (nSPS) is 17.7. The largest absolute Gasteiger partial charge is 0.454 e. The van der Waals surface area contributed by atoms with Crippen molar-refractivity contribution in [2.75, 3.05) is 11.7 Å². The van der Waals surface area contributed by atoms with E-state index in [9.17, 15) is 22.8 Å². The minimum atomic E-state index is -3.92. The summed E-state index contributed by atoms with van der Waals surface area (Å²) < 4.78 is 33.8. The molecule has 35 heavy (non-hydrogen) atoms. The molecule has 1 saturated heterocycles. The van der Waals surface area contributed by atoms with Crippen LogP contribution in [0.2, 0.25) is 0 Å². The van der Waals surface area contributed by atoms with E-state index in [0.29, 0.717) is 11.5 Å². The number of hydrogen-bond donors (Lipinski definition) is 1. The SMILES string of the molecule is CC(C)(C)CC(=O)N(Cc1ccc2c(c1)OCO2)C1CC(=O)N(c2ccc(S(N)(=O)=O)cc2)C1=O. The number of sulfonamides is 1. The highest BCUT2D eigenvalue weighted by molar-refractivity contribution is 7.89. The monoisotopic (exact) mass is 501 g/mol. The van der Waals surface area contributed by atoms with Crippen LogP contribution in [0.4, 0.5) is 5.69 Å². The van der Waals surface area contributed by atoms with Crippen LogP contribution in [0.15, 0.2) is 47.4 Å². The van der Waals surface area contributed by atoms with E-state index in [2.05, 4.69) is 0 Å². The fourth-order valence-corrected chi connectivity index (χ4v) is 4.59. The second kappa shape index (κ2) is 8.97. The van der Waals surface area contributed by atoms with Crippen LogP contribution in [0, 0.1) is 5.41 Å². The first kappa shape index (κ1) is 24.7. The number of fused-ring (bicyclic) bond motifs is 1. The number of anilines is 1. The molecule has 1 unspecified atom stereocenters. The van der Waals surface area contributed by atoms with Crippen LogP contribution in [0.1, 0.15) is 39.2 Å². The fourth-order valence-electron chi connectivity index (χ4n) is 4.08. The smallest absolute Gasteiger partial charge is 0.257 e. The predicted molar refractivity (Wildman–Crippen MR) is 126 cm³/mol. The highest BCUT2D eigenvalue weighted by atomic mass is 32.2. The van der Waals surface area contributed by atoms with Crippen molar-refractivity contribution in [2.45, 2.75) is 51.1 Å². The van der Waals surface area contributed by atoms with E-state index in [1.807, 2.05) is 20.8 Å². The number of rotatable bonds is 6. The topological polar surface area (TPSA) is 136 Å². The molecule has 0 bridgehead atoms. The van der Waals surface area contributed by atoms with Gasteiger partial charge < -0.3 is 14.4 Å². The van der Waals surface area contributed by atoms with E-state index in [1.165, 1.54) is 29.2 Å². The number of imide groups is 1. The standard InChI is InChI=1S/C24H27N3O7S/c1-24(2,3)12-22(29)26(13-15-4-9-19-20(10-15)34-14-33-19)18-11-21(28)27(23(18)30)16-5-7-17(8-6-16)35(25,31)32/h4-10,18H,11-14H2,1-3H3,(H2,25,31,32). The number of amides is 3. The Morgan fingerprint density at radius 1 is 1.09 bits per heavy atom. The van der Waals surface area contributed by atoms with Crippen molar-refractivity contribution in [1.82, 2.24) is 4.90 Å². The van der Waals surface area contributed by atoms with Crippen LogP contribution in [0.3, 0.4) is 0 Å². The molecule has 3 amide bonds. The molecule has 10 nitrogen and oxygen atoms in total. The molecule has 0 saturated carbocycles. The Bertz CT molecular complexity index is 1280. The molecule has 2 aliphatic heterocycles. The molecular weight excluding hydrogens is 474 g/mol. The van der Waals surface area contributed by atoms with Gasteiger partial charge in [0.25, 0.3) is 5.91 Å². The van der Waals surface area contributed by atoms with E-state index in [1.54, 1.807) is 18.2 Å². The lowest BCUT2D eigenvalue weighted by Crippen LogP contribution is -2.46. The number of hydrogen-bond acceptors (Lipinski definition) is 7. The molecule has 1 fully saturated rings. The van der Waals surface area contributed by atoms with Gasteiger partial charge in [0.2, 0.25) is 28.6 Å². The second-order valence-electron chi connectivity index (χ2n) is 9.77. The Morgan fingerprint density at radius 2 is 1.74 bits per heavy atom. The number of carbonyl (C=O) groups is 3. The maximum atomic E-state index is 13.4. The van der Waals surface area contributed by atoms with Crippen LogP contribution in [0.25, 0.3) is 0 Å². The molecule has 2 aromatic carbocycles. The molecule has 0 aromatic heterocycles. The molecule has 0 aliphatic carbocycles. The van der Waals surface area contributed by atoms with Gasteiger partial charge in [-0.05, 0) is 47.4 Å². The van der Waals surface area contributed by atoms with E-state index in [0.717, 1.165) is 10.5 Å². The lowest BCUT2D eigenvalue weighted by molar-refractivity contribution is -0.140. The first-order valence-corrected chi connectivity index (χ1v) is 12.6. The molecule has 2 N–H and O–H groups in total. The number of carbonyl (C=O) groups excluding carboxylic acids is 3. The van der Waals surface area contributed by atoms with E-state index >= 15 is 0 Å². The maximum absolute atomic E-state index is 13.4. The lowest BCUT2D eigenvalue weighted by Gasteiger charge is -2.30. The van der Waals surface area contributed by atoms with E-state index in [4.69, 9.17) is 14.6 Å². The summed E-state index contributed by atoms with van der Waals surface area (Å²) in [4.78, 5) is 41.9. The Morgan fingerprint density at radius 3 is 2.37 bits per heavy atom. The Hall–Kier alpha value is -3.44. The van der Waals surface area contributed by atoms with Crippen molar-refractivity contribution in [3.63, 3.8) is 0 Å². The molecule has 11 heteroatoms. The highest BCUT2D eigenvalue weighted by Gasteiger charge is 2.44. The average molecular weight is 502 g/mol. The van der Waals surface area contributed by atoms with Crippen molar-refractivity contribution < 1.29 is 32.3 Å². The molecule has 0 radical (unpaired) electrons. The first-order chi connectivity index (χ1) is 16.3. The quantitative estimate of drug-likeness (QED) is 0.599. The van der Waals surface area contributed by atoms with Crippen LogP contribution in [-0.4, -0.2) is 43.9 Å². The molecule has 2 aliphatic rings. The van der Waals surface area contributed by atoms with Gasteiger partial charge in [0.05, 0.1) is 17.0 Å². The van der Waals surface area contributed by atoms with Crippen molar-refractivity contribution in [2.24, 2.45) is 10.6 Å². The minimum absolute atomic E-state index is 0.105. The molecule has 2 aromatic rings. The summed E-state index contributed by atoms with van der Waals surface area (Å²) in [5.74, 6) is -0.143. The number of nitrogens with zero attached hydrogens (tertiary/aromatic N) is 2. The Balaban J connectivity index is 1.63. The van der Waals surface area contributed by atoms with Crippen LogP contribution >= 0.6 is 0 Å². The van der Waals surface area contributed by atoms with Crippen molar-refractivity contribution in [1.29, 1.82) is 0 Å². The number of primary sulfonamides is 1. The van der Waals surface area contributed by atoms with Gasteiger partial charge in [0.15, 0.2) is 11.5 Å². The van der Waals surface area contributed by atoms with Gasteiger partial charge in [-0.15, -0.1) is 0 Å². The zero-order valence-electron chi connectivity index (χ0n) is 19.7. The summed E-state index contributed by atoms with van der Waals surface area (Å²) >= 11 is 0. The predicted octanol–water partition coefficient (Wildman–Crippen LogP) is 2.16. The molecule has 186 valence electrons. The van der Waals surface area contributed by atoms with Gasteiger partial charge in [-0.3, -0.25) is 14.4 Å². The highest BCUT2D eigenvalue weighted by Crippen LogP contribution is 2.34. The summed E-state index contributed by atoms with van der Waals surface area (Å²) in [6, 6.07) is 9.43. The van der Waals surface area contributed by atoms with Crippen LogP contribution < -0.4 is 19.5 Å². The zero-order valence-corrected chi connectivity index (χ0v) is 20.5.